The van der Waals surface area contributed by atoms with Crippen molar-refractivity contribution in [1.29, 1.82) is 0 Å². The Morgan fingerprint density at radius 2 is 1.76 bits per heavy atom. The van der Waals surface area contributed by atoms with Gasteiger partial charge in [-0.25, -0.2) is 9.18 Å². The number of benzene rings is 3. The Labute approximate surface area is 198 Å². The van der Waals surface area contributed by atoms with Gasteiger partial charge in [0.15, 0.2) is 0 Å². The van der Waals surface area contributed by atoms with Crippen molar-refractivity contribution in [3.63, 3.8) is 0 Å². The van der Waals surface area contributed by atoms with Crippen molar-refractivity contribution in [1.82, 2.24) is 4.90 Å². The van der Waals surface area contributed by atoms with Crippen LogP contribution in [0, 0.1) is 5.82 Å². The molecule has 3 rings (SSSR count). The van der Waals surface area contributed by atoms with Crippen molar-refractivity contribution in [2.24, 2.45) is 0 Å². The second-order valence-corrected chi connectivity index (χ2v) is 9.44. The summed E-state index contributed by atoms with van der Waals surface area (Å²) in [5.41, 5.74) is 1.30. The number of urea groups is 1. The molecule has 2 amide bonds. The van der Waals surface area contributed by atoms with E-state index in [1.807, 2.05) is 13.8 Å². The van der Waals surface area contributed by atoms with Crippen LogP contribution in [-0.4, -0.2) is 25.4 Å². The maximum atomic E-state index is 13.1. The summed E-state index contributed by atoms with van der Waals surface area (Å²) in [4.78, 5) is 14.5. The van der Waals surface area contributed by atoms with E-state index < -0.39 is 15.9 Å². The van der Waals surface area contributed by atoms with Gasteiger partial charge in [0.2, 0.25) is 0 Å². The monoisotopic (exact) mass is 490 g/mol. The van der Waals surface area contributed by atoms with Crippen LogP contribution in [0.25, 0.3) is 0 Å². The van der Waals surface area contributed by atoms with Gasteiger partial charge in [0.25, 0.3) is 0 Å². The van der Waals surface area contributed by atoms with Gasteiger partial charge in [-0.15, -0.1) is 0 Å². The first-order chi connectivity index (χ1) is 15.7. The highest BCUT2D eigenvalue weighted by Gasteiger charge is 2.21. The molecule has 1 unspecified atom stereocenters. The topological polar surface area (TPSA) is 75.7 Å². The maximum absolute atomic E-state index is 13.1. The van der Waals surface area contributed by atoms with E-state index in [0.717, 1.165) is 30.7 Å². The van der Waals surface area contributed by atoms with Gasteiger partial charge in [0, 0.05) is 23.3 Å². The van der Waals surface area contributed by atoms with Gasteiger partial charge in [-0.3, -0.25) is 0 Å². The van der Waals surface area contributed by atoms with E-state index in [-0.39, 0.29) is 29.3 Å². The van der Waals surface area contributed by atoms with Gasteiger partial charge in [-0.05, 0) is 79.6 Å². The largest absolute Gasteiger partial charge is 0.379 e. The molecular formula is C24H24ClFN2O4S. The molecule has 0 aliphatic heterocycles. The first kappa shape index (κ1) is 24.5. The average Bonchev–Trinajstić information content (AvgIpc) is 2.78. The number of nitrogens with zero attached hydrogens (tertiary/aromatic N) is 1. The molecule has 174 valence electrons. The SMILES string of the molecule is CCC(C)N(Cc1cccc(OS(=O)(=O)c2ccc(F)cc2)c1)C(=O)Nc1ccc(Cl)cc1. The number of carbonyl (C=O) groups excluding carboxylic acids is 1. The highest BCUT2D eigenvalue weighted by molar-refractivity contribution is 7.87. The Kier molecular flexibility index (Phi) is 7.94. The number of carbonyl (C=O) groups is 1. The van der Waals surface area contributed by atoms with Gasteiger partial charge in [-0.1, -0.05) is 30.7 Å². The van der Waals surface area contributed by atoms with Gasteiger partial charge >= 0.3 is 16.1 Å². The van der Waals surface area contributed by atoms with Crippen LogP contribution in [0.4, 0.5) is 14.9 Å². The standard InChI is InChI=1S/C24H24ClFN2O4S/c1-3-17(2)28(24(29)27-21-11-7-19(25)8-12-21)16-18-5-4-6-22(15-18)32-33(30,31)23-13-9-20(26)10-14-23/h4-15,17H,3,16H2,1-2H3,(H,27,29). The molecule has 0 bridgehead atoms. The van der Waals surface area contributed by atoms with E-state index in [2.05, 4.69) is 5.32 Å². The van der Waals surface area contributed by atoms with Crippen LogP contribution in [0.1, 0.15) is 25.8 Å². The zero-order valence-electron chi connectivity index (χ0n) is 18.2. The summed E-state index contributed by atoms with van der Waals surface area (Å²) in [6, 6.07) is 17.3. The molecule has 0 fully saturated rings. The number of rotatable bonds is 8. The zero-order valence-corrected chi connectivity index (χ0v) is 19.7. The molecule has 1 atom stereocenters. The molecule has 6 nitrogen and oxygen atoms in total. The minimum atomic E-state index is -4.13. The number of amides is 2. The number of hydrogen-bond acceptors (Lipinski definition) is 4. The van der Waals surface area contributed by atoms with Crippen LogP contribution in [0.3, 0.4) is 0 Å². The van der Waals surface area contributed by atoms with Crippen molar-refractivity contribution in [3.8, 4) is 5.75 Å². The van der Waals surface area contributed by atoms with Crippen LogP contribution < -0.4 is 9.50 Å². The third-order valence-corrected chi connectivity index (χ3v) is 6.55. The second kappa shape index (κ2) is 10.7. The minimum Gasteiger partial charge on any atom is -0.379 e. The summed E-state index contributed by atoms with van der Waals surface area (Å²) >= 11 is 5.90. The fraction of sp³-hybridized carbons (Fsp3) is 0.208. The number of nitrogens with one attached hydrogen (secondary N) is 1. The highest BCUT2D eigenvalue weighted by atomic mass is 35.5. The van der Waals surface area contributed by atoms with Crippen LogP contribution in [0.15, 0.2) is 77.7 Å². The number of halogens is 2. The van der Waals surface area contributed by atoms with Gasteiger partial charge in [0.1, 0.15) is 16.5 Å². The summed E-state index contributed by atoms with van der Waals surface area (Å²) in [6.45, 7) is 4.14. The summed E-state index contributed by atoms with van der Waals surface area (Å²) in [6.07, 6.45) is 0.725. The Morgan fingerprint density at radius 3 is 2.39 bits per heavy atom. The molecule has 0 aliphatic carbocycles. The Balaban J connectivity index is 1.77. The summed E-state index contributed by atoms with van der Waals surface area (Å²) in [5.74, 6) is -0.447. The van der Waals surface area contributed by atoms with E-state index in [1.54, 1.807) is 47.4 Å². The summed E-state index contributed by atoms with van der Waals surface area (Å²) in [5, 5.41) is 3.42. The van der Waals surface area contributed by atoms with Crippen LogP contribution in [0.5, 0.6) is 5.75 Å². The lowest BCUT2D eigenvalue weighted by molar-refractivity contribution is 0.187. The van der Waals surface area contributed by atoms with Gasteiger partial charge in [0.05, 0.1) is 0 Å². The molecule has 0 radical (unpaired) electrons. The van der Waals surface area contributed by atoms with Crippen molar-refractivity contribution in [3.05, 3.63) is 89.2 Å². The molecule has 33 heavy (non-hydrogen) atoms. The van der Waals surface area contributed by atoms with E-state index in [0.29, 0.717) is 16.3 Å². The molecule has 3 aromatic carbocycles. The normalized spacial score (nSPS) is 12.1. The predicted molar refractivity (Wildman–Crippen MR) is 126 cm³/mol. The quantitative estimate of drug-likeness (QED) is 0.388. The molecule has 0 heterocycles. The average molecular weight is 491 g/mol. The minimum absolute atomic E-state index is 0.0789. The summed E-state index contributed by atoms with van der Waals surface area (Å²) in [7, 11) is -4.13. The van der Waals surface area contributed by atoms with Gasteiger partial charge < -0.3 is 14.4 Å². The lowest BCUT2D eigenvalue weighted by atomic mass is 10.1. The fourth-order valence-corrected chi connectivity index (χ4v) is 4.09. The van der Waals surface area contributed by atoms with E-state index in [4.69, 9.17) is 15.8 Å². The first-order valence-corrected chi connectivity index (χ1v) is 12.1. The van der Waals surface area contributed by atoms with Crippen LogP contribution >= 0.6 is 11.6 Å². The molecular weight excluding hydrogens is 467 g/mol. The maximum Gasteiger partial charge on any atom is 0.339 e. The molecule has 0 spiro atoms. The predicted octanol–water partition coefficient (Wildman–Crippen LogP) is 6.08. The van der Waals surface area contributed by atoms with Crippen LogP contribution in [0.2, 0.25) is 5.02 Å². The Morgan fingerprint density at radius 1 is 1.09 bits per heavy atom. The summed E-state index contributed by atoms with van der Waals surface area (Å²) < 4.78 is 43.3. The lowest BCUT2D eigenvalue weighted by Gasteiger charge is -2.29. The molecule has 0 saturated heterocycles. The third kappa shape index (κ3) is 6.69. The van der Waals surface area contributed by atoms with Crippen molar-refractivity contribution in [2.75, 3.05) is 5.32 Å². The van der Waals surface area contributed by atoms with Crippen LogP contribution in [-0.2, 0) is 16.7 Å². The lowest BCUT2D eigenvalue weighted by Crippen LogP contribution is -2.40. The smallest absolute Gasteiger partial charge is 0.339 e. The second-order valence-electron chi connectivity index (χ2n) is 7.46. The van der Waals surface area contributed by atoms with E-state index >= 15 is 0 Å². The Hall–Kier alpha value is -3.10. The molecule has 0 aromatic heterocycles. The van der Waals surface area contributed by atoms with E-state index in [9.17, 15) is 17.6 Å². The zero-order chi connectivity index (χ0) is 24.0. The van der Waals surface area contributed by atoms with Crippen molar-refractivity contribution in [2.45, 2.75) is 37.8 Å². The van der Waals surface area contributed by atoms with E-state index in [1.165, 1.54) is 6.07 Å². The fourth-order valence-electron chi connectivity index (χ4n) is 3.05. The molecule has 9 heteroatoms. The first-order valence-electron chi connectivity index (χ1n) is 10.3. The molecule has 0 aliphatic rings. The van der Waals surface area contributed by atoms with Crippen molar-refractivity contribution >= 4 is 33.4 Å². The number of anilines is 1. The molecule has 1 N–H and O–H groups in total. The number of hydrogen-bond donors (Lipinski definition) is 1. The van der Waals surface area contributed by atoms with Crippen molar-refractivity contribution < 1.29 is 21.8 Å². The van der Waals surface area contributed by atoms with Gasteiger partial charge in [-0.2, -0.15) is 8.42 Å². The third-order valence-electron chi connectivity index (χ3n) is 5.04. The molecule has 3 aromatic rings. The Bertz CT molecular complexity index is 1200. The molecule has 0 saturated carbocycles. The highest BCUT2D eigenvalue weighted by Crippen LogP contribution is 2.22.